The van der Waals surface area contributed by atoms with Crippen LogP contribution in [-0.2, 0) is 11.3 Å². The van der Waals surface area contributed by atoms with E-state index < -0.39 is 6.04 Å². The Morgan fingerprint density at radius 3 is 2.76 bits per heavy atom. The van der Waals surface area contributed by atoms with Crippen LogP contribution in [-0.4, -0.2) is 69.0 Å². The van der Waals surface area contributed by atoms with Crippen LogP contribution < -0.4 is 10.5 Å². The molecule has 0 bridgehead atoms. The number of H-pyrrole nitrogens is 1. The van der Waals surface area contributed by atoms with Gasteiger partial charge in [0, 0.05) is 38.3 Å². The quantitative estimate of drug-likeness (QED) is 0.432. The van der Waals surface area contributed by atoms with E-state index in [9.17, 15) is 9.18 Å². The van der Waals surface area contributed by atoms with Crippen LogP contribution in [0.1, 0.15) is 35.8 Å². The van der Waals surface area contributed by atoms with Crippen LogP contribution >= 0.6 is 0 Å². The van der Waals surface area contributed by atoms with E-state index in [4.69, 9.17) is 4.74 Å². The number of nitrogens with one attached hydrogen (secondary N) is 1. The predicted octanol–water partition coefficient (Wildman–Crippen LogP) is 3.05. The van der Waals surface area contributed by atoms with Gasteiger partial charge in [0.15, 0.2) is 5.82 Å². The van der Waals surface area contributed by atoms with Crippen molar-refractivity contribution in [1.82, 2.24) is 30.1 Å². The van der Waals surface area contributed by atoms with Crippen molar-refractivity contribution >= 4 is 16.6 Å². The molecule has 2 saturated heterocycles. The Balaban J connectivity index is 1.37. The lowest BCUT2D eigenvalue weighted by molar-refractivity contribution is 0.0906. The number of piperazine rings is 1. The molecule has 0 amide bonds. The number of aromatic amines is 1. The van der Waals surface area contributed by atoms with E-state index in [0.717, 1.165) is 35.9 Å². The maximum absolute atomic E-state index is 14.5. The molecule has 0 radical (unpaired) electrons. The minimum absolute atomic E-state index is 0.0540. The molecule has 2 aromatic carbocycles. The van der Waals surface area contributed by atoms with Crippen LogP contribution in [0.5, 0.6) is 0 Å². The summed E-state index contributed by atoms with van der Waals surface area (Å²) in [6.07, 6.45) is 2.03. The molecule has 10 heteroatoms. The van der Waals surface area contributed by atoms with Gasteiger partial charge in [0.2, 0.25) is 0 Å². The monoisotopic (exact) mass is 503 g/mol. The van der Waals surface area contributed by atoms with E-state index in [1.54, 1.807) is 16.8 Å². The number of fused-ring (bicyclic) bond motifs is 1. The topological polar surface area (TPSA) is 92.2 Å². The Bertz CT molecular complexity index is 1450. The van der Waals surface area contributed by atoms with Gasteiger partial charge in [-0.2, -0.15) is 0 Å². The molecule has 2 unspecified atom stereocenters. The van der Waals surface area contributed by atoms with Gasteiger partial charge < -0.3 is 14.6 Å². The first-order valence-electron chi connectivity index (χ1n) is 12.8. The normalized spacial score (nSPS) is 19.5. The summed E-state index contributed by atoms with van der Waals surface area (Å²) in [5, 5.41) is 13.7. The lowest BCUT2D eigenvalue weighted by atomic mass is 10.0. The number of hydrogen-bond donors (Lipinski definition) is 1. The number of rotatable bonds is 6. The molecule has 0 aliphatic carbocycles. The zero-order valence-corrected chi connectivity index (χ0v) is 20.8. The first-order chi connectivity index (χ1) is 18.1. The Morgan fingerprint density at radius 1 is 1.14 bits per heavy atom. The molecular formula is C27H30FN7O2. The average molecular weight is 504 g/mol. The SMILES string of the molecule is Cc1cccc2cc(C(c3nnnn3CC3CCCO3)N3CCN(c4ccccc4F)CC3)c(=O)[nH]c12. The van der Waals surface area contributed by atoms with Gasteiger partial charge in [-0.15, -0.1) is 5.10 Å². The Morgan fingerprint density at radius 2 is 1.97 bits per heavy atom. The van der Waals surface area contributed by atoms with Gasteiger partial charge in [0.25, 0.3) is 5.56 Å². The minimum atomic E-state index is -0.451. The van der Waals surface area contributed by atoms with Gasteiger partial charge >= 0.3 is 0 Å². The number of halogens is 1. The molecular weight excluding hydrogens is 473 g/mol. The summed E-state index contributed by atoms with van der Waals surface area (Å²) in [6.45, 7) is 5.75. The first-order valence-corrected chi connectivity index (χ1v) is 12.8. The number of para-hydroxylation sites is 2. The first kappa shape index (κ1) is 23.7. The lowest BCUT2D eigenvalue weighted by Crippen LogP contribution is -2.49. The molecule has 2 atom stereocenters. The van der Waals surface area contributed by atoms with Crippen molar-refractivity contribution in [2.24, 2.45) is 0 Å². The Hall–Kier alpha value is -3.63. The van der Waals surface area contributed by atoms with Gasteiger partial charge in [0.1, 0.15) is 11.9 Å². The lowest BCUT2D eigenvalue weighted by Gasteiger charge is -2.39. The molecule has 6 rings (SSSR count). The van der Waals surface area contributed by atoms with Crippen LogP contribution in [0.3, 0.4) is 0 Å². The highest BCUT2D eigenvalue weighted by atomic mass is 19.1. The van der Waals surface area contributed by atoms with Crippen molar-refractivity contribution in [3.8, 4) is 0 Å². The fourth-order valence-corrected chi connectivity index (χ4v) is 5.55. The van der Waals surface area contributed by atoms with Crippen molar-refractivity contribution in [1.29, 1.82) is 0 Å². The average Bonchev–Trinajstić information content (AvgIpc) is 3.59. The summed E-state index contributed by atoms with van der Waals surface area (Å²) >= 11 is 0. The highest BCUT2D eigenvalue weighted by Gasteiger charge is 2.34. The molecule has 37 heavy (non-hydrogen) atoms. The van der Waals surface area contributed by atoms with E-state index in [2.05, 4.69) is 25.4 Å². The number of pyridine rings is 1. The molecule has 9 nitrogen and oxygen atoms in total. The number of aromatic nitrogens is 5. The second-order valence-corrected chi connectivity index (χ2v) is 9.82. The summed E-state index contributed by atoms with van der Waals surface area (Å²) < 4.78 is 22.1. The third-order valence-electron chi connectivity index (χ3n) is 7.49. The van der Waals surface area contributed by atoms with Crippen molar-refractivity contribution in [2.45, 2.75) is 38.5 Å². The number of hydrogen-bond acceptors (Lipinski definition) is 7. The van der Waals surface area contributed by atoms with Gasteiger partial charge in [-0.3, -0.25) is 9.69 Å². The molecule has 192 valence electrons. The number of nitrogens with zero attached hydrogens (tertiary/aromatic N) is 6. The van der Waals surface area contributed by atoms with E-state index in [1.165, 1.54) is 6.07 Å². The zero-order chi connectivity index (χ0) is 25.4. The van der Waals surface area contributed by atoms with E-state index >= 15 is 0 Å². The van der Waals surface area contributed by atoms with Crippen LogP contribution in [0.15, 0.2) is 53.3 Å². The van der Waals surface area contributed by atoms with Crippen molar-refractivity contribution in [3.05, 3.63) is 81.7 Å². The van der Waals surface area contributed by atoms with Crippen molar-refractivity contribution in [2.75, 3.05) is 37.7 Å². The van der Waals surface area contributed by atoms with E-state index in [-0.39, 0.29) is 17.5 Å². The third kappa shape index (κ3) is 4.62. The maximum atomic E-state index is 14.5. The van der Waals surface area contributed by atoms with Crippen LogP contribution in [0.2, 0.25) is 0 Å². The highest BCUT2D eigenvalue weighted by Crippen LogP contribution is 2.30. The van der Waals surface area contributed by atoms with Crippen molar-refractivity contribution < 1.29 is 9.13 Å². The summed E-state index contributed by atoms with van der Waals surface area (Å²) in [5.41, 5.74) is 2.88. The van der Waals surface area contributed by atoms with Gasteiger partial charge in [-0.1, -0.05) is 30.3 Å². The van der Waals surface area contributed by atoms with E-state index in [0.29, 0.717) is 49.8 Å². The molecule has 1 N–H and O–H groups in total. The molecule has 0 saturated carbocycles. The molecule has 4 heterocycles. The van der Waals surface area contributed by atoms with E-state index in [1.807, 2.05) is 42.2 Å². The molecule has 2 fully saturated rings. The fourth-order valence-electron chi connectivity index (χ4n) is 5.55. The second-order valence-electron chi connectivity index (χ2n) is 9.82. The van der Waals surface area contributed by atoms with Crippen molar-refractivity contribution in [3.63, 3.8) is 0 Å². The fraction of sp³-hybridized carbons (Fsp3) is 0.407. The molecule has 0 spiro atoms. The second kappa shape index (κ2) is 10.0. The maximum Gasteiger partial charge on any atom is 0.253 e. The smallest absolute Gasteiger partial charge is 0.253 e. The van der Waals surface area contributed by atoms with Gasteiger partial charge in [-0.05, 0) is 59.3 Å². The summed E-state index contributed by atoms with van der Waals surface area (Å²) in [4.78, 5) is 20.9. The molecule has 2 aliphatic heterocycles. The Labute approximate surface area is 213 Å². The summed E-state index contributed by atoms with van der Waals surface area (Å²) in [7, 11) is 0. The molecule has 2 aromatic heterocycles. The molecule has 4 aromatic rings. The van der Waals surface area contributed by atoms with Crippen LogP contribution in [0, 0.1) is 12.7 Å². The van der Waals surface area contributed by atoms with Crippen LogP contribution in [0.25, 0.3) is 10.9 Å². The highest BCUT2D eigenvalue weighted by molar-refractivity contribution is 5.82. The summed E-state index contributed by atoms with van der Waals surface area (Å²) in [5.74, 6) is 0.390. The standard InChI is InChI=1S/C27H30FN7O2/c1-18-6-4-7-19-16-21(27(36)29-24(18)19)25(26-30-31-32-35(26)17-20-8-5-15-37-20)34-13-11-33(12-14-34)23-10-3-2-9-22(23)28/h2-4,6-7,9-10,16,20,25H,5,8,11-15,17H2,1H3,(H,29,36). The minimum Gasteiger partial charge on any atom is -0.376 e. The van der Waals surface area contributed by atoms with Crippen LogP contribution in [0.4, 0.5) is 10.1 Å². The number of anilines is 1. The number of ether oxygens (including phenoxy) is 1. The number of aryl methyl sites for hydroxylation is 1. The van der Waals surface area contributed by atoms with Gasteiger partial charge in [-0.25, -0.2) is 9.07 Å². The third-order valence-corrected chi connectivity index (χ3v) is 7.49. The largest absolute Gasteiger partial charge is 0.376 e. The Kier molecular flexibility index (Phi) is 6.43. The zero-order valence-electron chi connectivity index (χ0n) is 20.8. The van der Waals surface area contributed by atoms with Gasteiger partial charge in [0.05, 0.1) is 23.9 Å². The number of tetrazole rings is 1. The number of benzene rings is 2. The summed E-state index contributed by atoms with van der Waals surface area (Å²) in [6, 6.07) is 14.3. The predicted molar refractivity (Wildman–Crippen MR) is 138 cm³/mol. The molecule has 2 aliphatic rings.